The van der Waals surface area contributed by atoms with Crippen molar-refractivity contribution in [3.63, 3.8) is 0 Å². The van der Waals surface area contributed by atoms with Crippen LogP contribution in [0.15, 0.2) is 158 Å². The SMILES string of the molecule is O=P(c1ccccc1)(c1ccccc1)c1ccc2sc3ccc(P(=O)(c4ccccc4)c4ccccc4)cc3c2c1. The van der Waals surface area contributed by atoms with Gasteiger partial charge >= 0.3 is 0 Å². The molecular formula is C36H26O2P2S. The third-order valence-corrected chi connectivity index (χ3v) is 14.9. The molecule has 7 rings (SSSR count). The minimum absolute atomic E-state index is 0.793. The quantitative estimate of drug-likeness (QED) is 0.192. The third-order valence-electron chi connectivity index (χ3n) is 7.64. The zero-order valence-electron chi connectivity index (χ0n) is 22.1. The van der Waals surface area contributed by atoms with Crippen LogP contribution in [-0.2, 0) is 9.13 Å². The summed E-state index contributed by atoms with van der Waals surface area (Å²) in [5, 5.41) is 6.88. The van der Waals surface area contributed by atoms with Crippen molar-refractivity contribution in [2.75, 3.05) is 0 Å². The fourth-order valence-corrected chi connectivity index (χ4v) is 12.0. The Morgan fingerprint density at radius 3 is 0.927 bits per heavy atom. The molecule has 41 heavy (non-hydrogen) atoms. The van der Waals surface area contributed by atoms with Gasteiger partial charge in [-0.1, -0.05) is 121 Å². The summed E-state index contributed by atoms with van der Waals surface area (Å²) in [6, 6.07) is 51.4. The number of hydrogen-bond acceptors (Lipinski definition) is 3. The first-order chi connectivity index (χ1) is 20.1. The Kier molecular flexibility index (Phi) is 6.60. The van der Waals surface area contributed by atoms with Crippen LogP contribution in [0.1, 0.15) is 0 Å². The second-order valence-corrected chi connectivity index (χ2v) is 16.6. The summed E-state index contributed by atoms with van der Waals surface area (Å²) in [7, 11) is -6.25. The van der Waals surface area contributed by atoms with Gasteiger partial charge in [0.2, 0.25) is 0 Å². The molecule has 5 heteroatoms. The highest BCUT2D eigenvalue weighted by Gasteiger charge is 2.32. The van der Waals surface area contributed by atoms with Crippen LogP contribution >= 0.6 is 25.6 Å². The molecule has 0 atom stereocenters. The maximum absolute atomic E-state index is 15.1. The van der Waals surface area contributed by atoms with Crippen molar-refractivity contribution in [3.8, 4) is 0 Å². The van der Waals surface area contributed by atoms with Crippen molar-refractivity contribution in [2.45, 2.75) is 0 Å². The van der Waals surface area contributed by atoms with E-state index in [0.29, 0.717) is 0 Å². The Hall–Kier alpha value is -4.00. The number of thiophene rings is 1. The molecule has 0 amide bonds. The second-order valence-electron chi connectivity index (χ2n) is 10.0. The lowest BCUT2D eigenvalue weighted by atomic mass is 10.1. The number of fused-ring (bicyclic) bond motifs is 3. The molecule has 0 fully saturated rings. The Labute approximate surface area is 243 Å². The lowest BCUT2D eigenvalue weighted by Crippen LogP contribution is -2.25. The normalized spacial score (nSPS) is 12.1. The summed E-state index contributed by atoms with van der Waals surface area (Å²) in [6.07, 6.45) is 0. The minimum atomic E-state index is -3.12. The molecule has 1 aromatic heterocycles. The van der Waals surface area contributed by atoms with Gasteiger partial charge in [-0.2, -0.15) is 0 Å². The standard InChI is InChI=1S/C36H26O2P2S/c37-39(27-13-5-1-6-14-27,28-15-7-2-8-16-28)31-21-23-35-33(25-31)34-26-32(22-24-36(34)41-35)40(38,29-17-9-3-10-18-29)30-19-11-4-12-20-30/h1-26H. The van der Waals surface area contributed by atoms with Crippen LogP contribution in [0.2, 0.25) is 0 Å². The highest BCUT2D eigenvalue weighted by molar-refractivity contribution is 7.85. The van der Waals surface area contributed by atoms with E-state index in [1.165, 1.54) is 0 Å². The maximum Gasteiger partial charge on any atom is 0.171 e. The van der Waals surface area contributed by atoms with Crippen molar-refractivity contribution in [2.24, 2.45) is 0 Å². The topological polar surface area (TPSA) is 34.1 Å². The van der Waals surface area contributed by atoms with Crippen LogP contribution in [0.4, 0.5) is 0 Å². The van der Waals surface area contributed by atoms with Gasteiger partial charge in [-0.05, 0) is 36.4 Å². The van der Waals surface area contributed by atoms with Gasteiger partial charge in [-0.25, -0.2) is 0 Å². The van der Waals surface area contributed by atoms with Crippen LogP contribution < -0.4 is 31.8 Å². The Balaban J connectivity index is 1.47. The van der Waals surface area contributed by atoms with Crippen LogP contribution in [0.5, 0.6) is 0 Å². The molecule has 0 bridgehead atoms. The summed E-state index contributed by atoms with van der Waals surface area (Å²) in [5.74, 6) is 0. The van der Waals surface area contributed by atoms with Crippen molar-refractivity contribution in [1.29, 1.82) is 0 Å². The fourth-order valence-electron chi connectivity index (χ4n) is 5.59. The first-order valence-electron chi connectivity index (χ1n) is 13.5. The average Bonchev–Trinajstić information content (AvgIpc) is 3.43. The van der Waals surface area contributed by atoms with Gasteiger partial charge in [0.15, 0.2) is 14.3 Å². The lowest BCUT2D eigenvalue weighted by molar-refractivity contribution is 0.591. The molecule has 0 aliphatic rings. The highest BCUT2D eigenvalue weighted by Crippen LogP contribution is 2.46. The van der Waals surface area contributed by atoms with Crippen molar-refractivity contribution >= 4 is 77.6 Å². The molecule has 0 saturated heterocycles. The van der Waals surface area contributed by atoms with Crippen LogP contribution in [0.3, 0.4) is 0 Å². The van der Waals surface area contributed by atoms with Gasteiger partial charge < -0.3 is 9.13 Å². The Morgan fingerprint density at radius 1 is 0.341 bits per heavy atom. The first-order valence-corrected chi connectivity index (χ1v) is 17.7. The summed E-state index contributed by atoms with van der Waals surface area (Å²) in [6.45, 7) is 0. The van der Waals surface area contributed by atoms with Gasteiger partial charge in [0, 0.05) is 52.0 Å². The van der Waals surface area contributed by atoms with E-state index in [2.05, 4.69) is 24.3 Å². The van der Waals surface area contributed by atoms with Crippen molar-refractivity contribution < 1.29 is 9.13 Å². The molecule has 0 radical (unpaired) electrons. The summed E-state index contributed by atoms with van der Waals surface area (Å²) in [4.78, 5) is 0. The molecule has 2 nitrogen and oxygen atoms in total. The zero-order valence-corrected chi connectivity index (χ0v) is 24.7. The van der Waals surface area contributed by atoms with Crippen LogP contribution in [0, 0.1) is 0 Å². The van der Waals surface area contributed by atoms with Gasteiger partial charge in [-0.3, -0.25) is 0 Å². The predicted octanol–water partition coefficient (Wildman–Crippen LogP) is 7.33. The molecule has 0 aliphatic carbocycles. The van der Waals surface area contributed by atoms with E-state index in [9.17, 15) is 0 Å². The summed E-state index contributed by atoms with van der Waals surface area (Å²) in [5.41, 5.74) is 0. The Morgan fingerprint density at radius 2 is 0.634 bits per heavy atom. The molecule has 0 N–H and O–H groups in total. The van der Waals surface area contributed by atoms with Gasteiger partial charge in [-0.15, -0.1) is 11.3 Å². The van der Waals surface area contributed by atoms with Crippen molar-refractivity contribution in [1.82, 2.24) is 0 Å². The molecule has 0 aliphatic heterocycles. The molecule has 0 saturated carbocycles. The predicted molar refractivity (Wildman–Crippen MR) is 178 cm³/mol. The van der Waals surface area contributed by atoms with E-state index >= 15 is 9.13 Å². The largest absolute Gasteiger partial charge is 0.309 e. The zero-order chi connectivity index (χ0) is 27.9. The minimum Gasteiger partial charge on any atom is -0.309 e. The third kappa shape index (κ3) is 4.33. The molecule has 198 valence electrons. The van der Waals surface area contributed by atoms with Gasteiger partial charge in [0.1, 0.15) is 0 Å². The van der Waals surface area contributed by atoms with E-state index in [1.807, 2.05) is 133 Å². The van der Waals surface area contributed by atoms with E-state index in [0.717, 1.165) is 52.0 Å². The van der Waals surface area contributed by atoms with E-state index in [1.54, 1.807) is 11.3 Å². The maximum atomic E-state index is 15.1. The molecular weight excluding hydrogens is 558 g/mol. The fraction of sp³-hybridized carbons (Fsp3) is 0. The summed E-state index contributed by atoms with van der Waals surface area (Å²) >= 11 is 1.70. The number of hydrogen-bond donors (Lipinski definition) is 0. The molecule has 0 unspecified atom stereocenters. The molecule has 0 spiro atoms. The highest BCUT2D eigenvalue weighted by atomic mass is 32.1. The summed E-state index contributed by atoms with van der Waals surface area (Å²) < 4.78 is 32.4. The monoisotopic (exact) mass is 584 g/mol. The smallest absolute Gasteiger partial charge is 0.171 e. The van der Waals surface area contributed by atoms with E-state index in [4.69, 9.17) is 0 Å². The molecule has 7 aromatic rings. The van der Waals surface area contributed by atoms with E-state index < -0.39 is 14.3 Å². The van der Waals surface area contributed by atoms with E-state index in [-0.39, 0.29) is 0 Å². The number of rotatable bonds is 6. The van der Waals surface area contributed by atoms with Crippen LogP contribution in [-0.4, -0.2) is 0 Å². The van der Waals surface area contributed by atoms with Crippen LogP contribution in [0.25, 0.3) is 20.2 Å². The average molecular weight is 585 g/mol. The molecule has 1 heterocycles. The lowest BCUT2D eigenvalue weighted by Gasteiger charge is -2.20. The number of benzene rings is 6. The Bertz CT molecular complexity index is 1850. The molecule has 6 aromatic carbocycles. The second kappa shape index (κ2) is 10.4. The van der Waals surface area contributed by atoms with Gasteiger partial charge in [0.25, 0.3) is 0 Å². The first kappa shape index (κ1) is 25.9. The van der Waals surface area contributed by atoms with Crippen molar-refractivity contribution in [3.05, 3.63) is 158 Å². The van der Waals surface area contributed by atoms with Gasteiger partial charge in [0.05, 0.1) is 0 Å².